The van der Waals surface area contributed by atoms with Crippen molar-refractivity contribution in [3.63, 3.8) is 0 Å². The number of benzene rings is 2. The van der Waals surface area contributed by atoms with Crippen molar-refractivity contribution in [2.75, 3.05) is 14.1 Å². The van der Waals surface area contributed by atoms with Crippen molar-refractivity contribution in [1.29, 1.82) is 0 Å². The Morgan fingerprint density at radius 2 is 1.78 bits per heavy atom. The van der Waals surface area contributed by atoms with Gasteiger partial charge in [-0.05, 0) is 23.8 Å². The van der Waals surface area contributed by atoms with Crippen LogP contribution in [0.15, 0.2) is 48.5 Å². The highest BCUT2D eigenvalue weighted by molar-refractivity contribution is 5.95. The average Bonchev–Trinajstić information content (AvgIpc) is 2.38. The SMILES string of the molecule is CN(C)C(=O)c1cccc(-c2ccccc2F)c1. The Morgan fingerprint density at radius 3 is 2.44 bits per heavy atom. The molecule has 0 aliphatic carbocycles. The van der Waals surface area contributed by atoms with Crippen LogP contribution in [0.1, 0.15) is 10.4 Å². The fraction of sp³-hybridized carbons (Fsp3) is 0.133. The Morgan fingerprint density at radius 1 is 1.06 bits per heavy atom. The summed E-state index contributed by atoms with van der Waals surface area (Å²) < 4.78 is 13.7. The molecule has 0 heterocycles. The Balaban J connectivity index is 2.45. The van der Waals surface area contributed by atoms with Crippen molar-refractivity contribution in [2.45, 2.75) is 0 Å². The van der Waals surface area contributed by atoms with Crippen LogP contribution in [-0.2, 0) is 0 Å². The molecule has 0 N–H and O–H groups in total. The third-order valence-corrected chi connectivity index (χ3v) is 2.70. The molecule has 2 aromatic rings. The zero-order valence-corrected chi connectivity index (χ0v) is 10.4. The van der Waals surface area contributed by atoms with Crippen LogP contribution in [0.2, 0.25) is 0 Å². The van der Waals surface area contributed by atoms with E-state index >= 15 is 0 Å². The molecule has 0 bridgehead atoms. The van der Waals surface area contributed by atoms with Gasteiger partial charge in [0.05, 0.1) is 0 Å². The lowest BCUT2D eigenvalue weighted by atomic mass is 10.0. The maximum Gasteiger partial charge on any atom is 0.253 e. The number of halogens is 1. The van der Waals surface area contributed by atoms with Crippen LogP contribution in [0.4, 0.5) is 4.39 Å². The van der Waals surface area contributed by atoms with E-state index in [1.54, 1.807) is 56.6 Å². The fourth-order valence-electron chi connectivity index (χ4n) is 1.77. The second-order valence-electron chi connectivity index (χ2n) is 4.26. The van der Waals surface area contributed by atoms with Crippen molar-refractivity contribution in [3.8, 4) is 11.1 Å². The minimum absolute atomic E-state index is 0.0896. The van der Waals surface area contributed by atoms with Crippen LogP contribution in [0.5, 0.6) is 0 Å². The molecule has 0 aliphatic rings. The van der Waals surface area contributed by atoms with Crippen molar-refractivity contribution in [1.82, 2.24) is 4.90 Å². The zero-order valence-electron chi connectivity index (χ0n) is 10.4. The molecule has 18 heavy (non-hydrogen) atoms. The average molecular weight is 243 g/mol. The topological polar surface area (TPSA) is 20.3 Å². The van der Waals surface area contributed by atoms with E-state index in [1.807, 2.05) is 0 Å². The zero-order chi connectivity index (χ0) is 13.1. The first-order chi connectivity index (χ1) is 8.59. The second kappa shape index (κ2) is 5.00. The number of carbonyl (C=O) groups excluding carboxylic acids is 1. The van der Waals surface area contributed by atoms with Crippen molar-refractivity contribution in [3.05, 3.63) is 59.9 Å². The summed E-state index contributed by atoms with van der Waals surface area (Å²) in [6.07, 6.45) is 0. The summed E-state index contributed by atoms with van der Waals surface area (Å²) in [6.45, 7) is 0. The molecule has 0 atom stereocenters. The van der Waals surface area contributed by atoms with Crippen molar-refractivity contribution >= 4 is 5.91 Å². The van der Waals surface area contributed by atoms with Crippen molar-refractivity contribution < 1.29 is 9.18 Å². The van der Waals surface area contributed by atoms with Crippen LogP contribution in [0.25, 0.3) is 11.1 Å². The quantitative estimate of drug-likeness (QED) is 0.793. The van der Waals surface area contributed by atoms with Gasteiger partial charge in [-0.25, -0.2) is 4.39 Å². The standard InChI is InChI=1S/C15H14FNO/c1-17(2)15(18)12-7-5-6-11(10-12)13-8-3-4-9-14(13)16/h3-10H,1-2H3. The molecular formula is C15H14FNO. The predicted octanol–water partition coefficient (Wildman–Crippen LogP) is 3.19. The lowest BCUT2D eigenvalue weighted by molar-refractivity contribution is 0.0827. The van der Waals surface area contributed by atoms with Gasteiger partial charge in [-0.1, -0.05) is 30.3 Å². The highest BCUT2D eigenvalue weighted by Crippen LogP contribution is 2.23. The largest absolute Gasteiger partial charge is 0.345 e. The highest BCUT2D eigenvalue weighted by Gasteiger charge is 2.10. The van der Waals surface area contributed by atoms with Gasteiger partial charge in [0, 0.05) is 25.2 Å². The van der Waals surface area contributed by atoms with E-state index < -0.39 is 0 Å². The minimum atomic E-state index is -0.285. The summed E-state index contributed by atoms with van der Waals surface area (Å²) in [5.74, 6) is -0.375. The molecule has 0 radical (unpaired) electrons. The van der Waals surface area contributed by atoms with Gasteiger partial charge in [-0.2, -0.15) is 0 Å². The smallest absolute Gasteiger partial charge is 0.253 e. The minimum Gasteiger partial charge on any atom is -0.345 e. The molecule has 0 saturated heterocycles. The molecule has 1 amide bonds. The summed E-state index contributed by atoms with van der Waals surface area (Å²) in [4.78, 5) is 13.3. The van der Waals surface area contributed by atoms with Gasteiger partial charge in [-0.3, -0.25) is 4.79 Å². The maximum absolute atomic E-state index is 13.7. The van der Waals surface area contributed by atoms with Gasteiger partial charge >= 0.3 is 0 Å². The second-order valence-corrected chi connectivity index (χ2v) is 4.26. The van der Waals surface area contributed by atoms with Crippen LogP contribution >= 0.6 is 0 Å². The number of nitrogens with zero attached hydrogens (tertiary/aromatic N) is 1. The van der Waals surface area contributed by atoms with Crippen LogP contribution in [-0.4, -0.2) is 24.9 Å². The third-order valence-electron chi connectivity index (χ3n) is 2.70. The molecule has 0 aromatic heterocycles. The van der Waals surface area contributed by atoms with Crippen LogP contribution < -0.4 is 0 Å². The van der Waals surface area contributed by atoms with Gasteiger partial charge in [0.15, 0.2) is 0 Å². The predicted molar refractivity (Wildman–Crippen MR) is 69.9 cm³/mol. The van der Waals surface area contributed by atoms with Crippen molar-refractivity contribution in [2.24, 2.45) is 0 Å². The fourth-order valence-corrected chi connectivity index (χ4v) is 1.77. The molecule has 0 saturated carbocycles. The first kappa shape index (κ1) is 12.3. The van der Waals surface area contributed by atoms with E-state index in [9.17, 15) is 9.18 Å². The summed E-state index contributed by atoms with van der Waals surface area (Å²) in [7, 11) is 3.39. The van der Waals surface area contributed by atoms with Gasteiger partial charge in [0.25, 0.3) is 5.91 Å². The summed E-state index contributed by atoms with van der Waals surface area (Å²) in [6, 6.07) is 13.5. The van der Waals surface area contributed by atoms with Gasteiger partial charge in [-0.15, -0.1) is 0 Å². The van der Waals surface area contributed by atoms with Gasteiger partial charge in [0.1, 0.15) is 5.82 Å². The van der Waals surface area contributed by atoms with Crippen LogP contribution in [0.3, 0.4) is 0 Å². The Hall–Kier alpha value is -2.16. The monoisotopic (exact) mass is 243 g/mol. The van der Waals surface area contributed by atoms with E-state index in [2.05, 4.69) is 0 Å². The normalized spacial score (nSPS) is 10.2. The van der Waals surface area contributed by atoms with E-state index in [0.29, 0.717) is 16.7 Å². The van der Waals surface area contributed by atoms with Gasteiger partial charge in [0.2, 0.25) is 0 Å². The molecule has 92 valence electrons. The molecule has 2 aromatic carbocycles. The summed E-state index contributed by atoms with van der Waals surface area (Å²) in [5, 5.41) is 0. The molecule has 2 nitrogen and oxygen atoms in total. The molecule has 0 spiro atoms. The molecule has 0 unspecified atom stereocenters. The summed E-state index contributed by atoms with van der Waals surface area (Å²) in [5.41, 5.74) is 1.77. The van der Waals surface area contributed by atoms with E-state index in [1.165, 1.54) is 11.0 Å². The van der Waals surface area contributed by atoms with E-state index in [-0.39, 0.29) is 11.7 Å². The maximum atomic E-state index is 13.7. The molecular weight excluding hydrogens is 229 g/mol. The number of hydrogen-bond acceptors (Lipinski definition) is 1. The van der Waals surface area contributed by atoms with E-state index in [0.717, 1.165) is 0 Å². The highest BCUT2D eigenvalue weighted by atomic mass is 19.1. The lowest BCUT2D eigenvalue weighted by Crippen LogP contribution is -2.21. The Labute approximate surface area is 106 Å². The first-order valence-corrected chi connectivity index (χ1v) is 5.66. The first-order valence-electron chi connectivity index (χ1n) is 5.66. The number of rotatable bonds is 2. The van der Waals surface area contributed by atoms with Crippen LogP contribution in [0, 0.1) is 5.82 Å². The molecule has 3 heteroatoms. The Kier molecular flexibility index (Phi) is 3.42. The molecule has 0 fully saturated rings. The number of amides is 1. The number of carbonyl (C=O) groups is 1. The van der Waals surface area contributed by atoms with Gasteiger partial charge < -0.3 is 4.90 Å². The molecule has 2 rings (SSSR count). The summed E-state index contributed by atoms with van der Waals surface area (Å²) >= 11 is 0. The number of hydrogen-bond donors (Lipinski definition) is 0. The lowest BCUT2D eigenvalue weighted by Gasteiger charge is -2.11. The third kappa shape index (κ3) is 2.40. The Bertz CT molecular complexity index is 578. The molecule has 0 aliphatic heterocycles. The van der Waals surface area contributed by atoms with E-state index in [4.69, 9.17) is 0 Å².